The first-order chi connectivity index (χ1) is 13.2. The summed E-state index contributed by atoms with van der Waals surface area (Å²) < 4.78 is 7.06. The Balaban J connectivity index is 1.75. The number of hydrogen-bond donors (Lipinski definition) is 0. The van der Waals surface area contributed by atoms with E-state index < -0.39 is 0 Å². The van der Waals surface area contributed by atoms with Gasteiger partial charge in [0, 0.05) is 24.7 Å². The lowest BCUT2D eigenvalue weighted by molar-refractivity contribution is 0.179. The van der Waals surface area contributed by atoms with E-state index >= 15 is 0 Å². The van der Waals surface area contributed by atoms with E-state index in [9.17, 15) is 4.79 Å². The molecule has 0 saturated carbocycles. The Morgan fingerprint density at radius 3 is 2.96 bits per heavy atom. The molecule has 0 N–H and O–H groups in total. The number of rotatable bonds is 6. The van der Waals surface area contributed by atoms with Gasteiger partial charge >= 0.3 is 0 Å². The Kier molecular flexibility index (Phi) is 5.33. The third-order valence-electron chi connectivity index (χ3n) is 5.10. The molecule has 2 aromatic heterocycles. The second-order valence-corrected chi connectivity index (χ2v) is 8.23. The van der Waals surface area contributed by atoms with Crippen LogP contribution in [0.1, 0.15) is 34.6 Å². The summed E-state index contributed by atoms with van der Waals surface area (Å²) in [7, 11) is 1.66. The van der Waals surface area contributed by atoms with Crippen LogP contribution in [0, 0.1) is 6.92 Å². The molecule has 6 nitrogen and oxygen atoms in total. The Labute approximate surface area is 162 Å². The molecule has 0 radical (unpaired) electrons. The van der Waals surface area contributed by atoms with Gasteiger partial charge in [-0.2, -0.15) is 0 Å². The largest absolute Gasteiger partial charge is 0.383 e. The smallest absolute Gasteiger partial charge is 0.261 e. The number of methoxy groups -OCH3 is 1. The van der Waals surface area contributed by atoms with Crippen molar-refractivity contribution in [3.05, 3.63) is 56.5 Å². The highest BCUT2D eigenvalue weighted by Gasteiger charge is 2.30. The van der Waals surface area contributed by atoms with E-state index in [1.165, 1.54) is 4.88 Å². The number of hydrogen-bond acceptors (Lipinski definition) is 6. The molecule has 1 aromatic carbocycles. The number of aromatic nitrogens is 3. The molecule has 27 heavy (non-hydrogen) atoms. The molecule has 7 heteroatoms. The van der Waals surface area contributed by atoms with Crippen molar-refractivity contribution in [1.82, 2.24) is 19.4 Å². The van der Waals surface area contributed by atoms with Crippen LogP contribution >= 0.6 is 11.3 Å². The molecule has 1 fully saturated rings. The summed E-state index contributed by atoms with van der Waals surface area (Å²) in [4.78, 5) is 26.1. The van der Waals surface area contributed by atoms with Gasteiger partial charge in [-0.3, -0.25) is 14.3 Å². The van der Waals surface area contributed by atoms with Crippen LogP contribution in [0.15, 0.2) is 35.3 Å². The predicted octanol–water partition coefficient (Wildman–Crippen LogP) is 3.14. The number of ether oxygens (including phenoxy) is 1. The van der Waals surface area contributed by atoms with Gasteiger partial charge in [-0.05, 0) is 38.4 Å². The maximum Gasteiger partial charge on any atom is 0.261 e. The van der Waals surface area contributed by atoms with Crippen LogP contribution in [-0.4, -0.2) is 39.7 Å². The van der Waals surface area contributed by atoms with E-state index in [1.54, 1.807) is 18.4 Å². The first-order valence-corrected chi connectivity index (χ1v) is 10.1. The molecule has 1 unspecified atom stereocenters. The molecule has 3 heterocycles. The maximum absolute atomic E-state index is 13.1. The van der Waals surface area contributed by atoms with Crippen molar-refractivity contribution in [3.8, 4) is 0 Å². The molecular formula is C20H24N4O2S. The zero-order valence-electron chi connectivity index (χ0n) is 15.7. The summed E-state index contributed by atoms with van der Waals surface area (Å²) in [5.74, 6) is 0.856. The average molecular weight is 385 g/mol. The lowest BCUT2D eigenvalue weighted by Crippen LogP contribution is -2.33. The van der Waals surface area contributed by atoms with Gasteiger partial charge in [-0.25, -0.2) is 9.97 Å². The third kappa shape index (κ3) is 3.67. The van der Waals surface area contributed by atoms with E-state index in [-0.39, 0.29) is 11.6 Å². The van der Waals surface area contributed by atoms with Gasteiger partial charge in [0.25, 0.3) is 5.56 Å². The summed E-state index contributed by atoms with van der Waals surface area (Å²) in [6, 6.07) is 7.74. The molecule has 1 aliphatic heterocycles. The van der Waals surface area contributed by atoms with Crippen molar-refractivity contribution < 1.29 is 4.74 Å². The maximum atomic E-state index is 13.1. The Morgan fingerprint density at radius 1 is 1.33 bits per heavy atom. The zero-order chi connectivity index (χ0) is 18.8. The Morgan fingerprint density at radius 2 is 2.19 bits per heavy atom. The van der Waals surface area contributed by atoms with Crippen LogP contribution < -0.4 is 5.56 Å². The van der Waals surface area contributed by atoms with Gasteiger partial charge in [-0.15, -0.1) is 11.3 Å². The van der Waals surface area contributed by atoms with E-state index in [2.05, 4.69) is 9.88 Å². The highest BCUT2D eigenvalue weighted by Crippen LogP contribution is 2.33. The second kappa shape index (κ2) is 7.88. The fraction of sp³-hybridized carbons (Fsp3) is 0.450. The normalized spacial score (nSPS) is 17.8. The third-order valence-corrected chi connectivity index (χ3v) is 6.00. The average Bonchev–Trinajstić information content (AvgIpc) is 3.30. The van der Waals surface area contributed by atoms with Crippen molar-refractivity contribution in [2.24, 2.45) is 0 Å². The minimum absolute atomic E-state index is 0.0214. The summed E-state index contributed by atoms with van der Waals surface area (Å²) >= 11 is 1.73. The van der Waals surface area contributed by atoms with Gasteiger partial charge < -0.3 is 4.74 Å². The predicted molar refractivity (Wildman–Crippen MR) is 107 cm³/mol. The van der Waals surface area contributed by atoms with Crippen LogP contribution in [0.5, 0.6) is 0 Å². The topological polar surface area (TPSA) is 60.2 Å². The fourth-order valence-corrected chi connectivity index (χ4v) is 4.65. The number of para-hydroxylation sites is 1. The number of aryl methyl sites for hydroxylation is 1. The van der Waals surface area contributed by atoms with Gasteiger partial charge in [0.05, 0.1) is 35.1 Å². The molecule has 0 bridgehead atoms. The minimum Gasteiger partial charge on any atom is -0.383 e. The lowest BCUT2D eigenvalue weighted by Gasteiger charge is -2.26. The van der Waals surface area contributed by atoms with Crippen molar-refractivity contribution >= 4 is 22.2 Å². The molecule has 0 amide bonds. The van der Waals surface area contributed by atoms with Crippen LogP contribution in [0.2, 0.25) is 0 Å². The quantitative estimate of drug-likeness (QED) is 0.653. The lowest BCUT2D eigenvalue weighted by atomic mass is 10.1. The Hall–Kier alpha value is -2.09. The van der Waals surface area contributed by atoms with E-state index in [0.717, 1.165) is 42.3 Å². The summed E-state index contributed by atoms with van der Waals surface area (Å²) in [5.41, 5.74) is 0.791. The highest BCUT2D eigenvalue weighted by atomic mass is 32.1. The fourth-order valence-electron chi connectivity index (χ4n) is 3.82. The molecule has 1 saturated heterocycles. The van der Waals surface area contributed by atoms with Crippen LogP contribution in [-0.2, 0) is 17.8 Å². The van der Waals surface area contributed by atoms with Crippen molar-refractivity contribution in [1.29, 1.82) is 0 Å². The zero-order valence-corrected chi connectivity index (χ0v) is 16.5. The van der Waals surface area contributed by atoms with E-state index in [0.29, 0.717) is 18.5 Å². The van der Waals surface area contributed by atoms with Crippen molar-refractivity contribution in [3.63, 3.8) is 0 Å². The first-order valence-electron chi connectivity index (χ1n) is 9.31. The summed E-state index contributed by atoms with van der Waals surface area (Å²) in [5, 5.41) is 1.75. The van der Waals surface area contributed by atoms with E-state index in [1.807, 2.05) is 42.0 Å². The molecule has 4 rings (SSSR count). The van der Waals surface area contributed by atoms with Crippen LogP contribution in [0.4, 0.5) is 0 Å². The van der Waals surface area contributed by atoms with Gasteiger partial charge in [0.2, 0.25) is 0 Å². The molecule has 3 aromatic rings. The number of thiazole rings is 1. The Bertz CT molecular complexity index is 997. The number of benzene rings is 1. The molecule has 142 valence electrons. The summed E-state index contributed by atoms with van der Waals surface area (Å²) in [6.45, 7) is 4.90. The van der Waals surface area contributed by atoms with Gasteiger partial charge in [0.15, 0.2) is 0 Å². The molecule has 0 aliphatic carbocycles. The standard InChI is InChI=1S/C20H24N4O2S/c1-14-21-12-15(27-14)13-23-9-5-8-18(23)19-22-17-7-4-3-6-16(17)20(25)24(19)10-11-26-2/h3-4,6-7,12,18H,5,8-11,13H2,1-2H3. The SMILES string of the molecule is COCCn1c(C2CCCN2Cc2cnc(C)s2)nc2ccccc2c1=O. The second-order valence-electron chi connectivity index (χ2n) is 6.91. The molecular weight excluding hydrogens is 360 g/mol. The molecule has 1 atom stereocenters. The number of likely N-dealkylation sites (tertiary alicyclic amines) is 1. The van der Waals surface area contributed by atoms with Crippen molar-refractivity contribution in [2.45, 2.75) is 38.9 Å². The van der Waals surface area contributed by atoms with Crippen LogP contribution in [0.3, 0.4) is 0 Å². The molecule has 0 spiro atoms. The minimum atomic E-state index is 0.0214. The first kappa shape index (κ1) is 18.3. The van der Waals surface area contributed by atoms with Gasteiger partial charge in [-0.1, -0.05) is 12.1 Å². The number of nitrogens with zero attached hydrogens (tertiary/aromatic N) is 4. The number of fused-ring (bicyclic) bond motifs is 1. The monoisotopic (exact) mass is 384 g/mol. The van der Waals surface area contributed by atoms with Gasteiger partial charge in [0.1, 0.15) is 5.82 Å². The van der Waals surface area contributed by atoms with Crippen molar-refractivity contribution in [2.75, 3.05) is 20.3 Å². The summed E-state index contributed by atoms with van der Waals surface area (Å²) in [6.07, 6.45) is 4.08. The van der Waals surface area contributed by atoms with E-state index in [4.69, 9.17) is 9.72 Å². The molecule has 1 aliphatic rings. The van der Waals surface area contributed by atoms with Crippen LogP contribution in [0.25, 0.3) is 10.9 Å². The highest BCUT2D eigenvalue weighted by molar-refractivity contribution is 7.11.